The van der Waals surface area contributed by atoms with Crippen LogP contribution in [0.2, 0.25) is 0 Å². The summed E-state index contributed by atoms with van der Waals surface area (Å²) in [5.74, 6) is -1.00. The summed E-state index contributed by atoms with van der Waals surface area (Å²) in [5, 5.41) is 2.97. The predicted molar refractivity (Wildman–Crippen MR) is 185 cm³/mol. The van der Waals surface area contributed by atoms with Gasteiger partial charge >= 0.3 is 0 Å². The molecule has 1 atom stereocenters. The average Bonchev–Trinajstić information content (AvgIpc) is 3.06. The molecule has 0 aliphatic carbocycles. The maximum absolute atomic E-state index is 14.5. The summed E-state index contributed by atoms with van der Waals surface area (Å²) in [5.41, 5.74) is 1.69. The predicted octanol–water partition coefficient (Wildman–Crippen LogP) is 6.74. The molecule has 0 heterocycles. The second kappa shape index (κ2) is 17.1. The Hall–Kier alpha value is -4.22. The molecule has 0 fully saturated rings. The third kappa shape index (κ3) is 9.89. The molecule has 0 saturated heterocycles. The van der Waals surface area contributed by atoms with Gasteiger partial charge in [0.15, 0.2) is 0 Å². The molecule has 4 aromatic carbocycles. The number of nitrogens with zero attached hydrogens (tertiary/aromatic N) is 2. The second-order valence-corrected chi connectivity index (χ2v) is 13.7. The van der Waals surface area contributed by atoms with Crippen LogP contribution in [0.5, 0.6) is 5.75 Å². The SMILES string of the molecule is CCCCNC(=O)[C@H](Cc1ccccc1)N(Cc1cccc(Br)c1)C(=O)CN(c1ccc(F)cc1)S(=O)(=O)c1ccc(OCC)cc1. The zero-order chi connectivity index (χ0) is 33.8. The van der Waals surface area contributed by atoms with Crippen molar-refractivity contribution in [1.82, 2.24) is 10.2 Å². The highest BCUT2D eigenvalue weighted by atomic mass is 79.9. The number of rotatable bonds is 16. The van der Waals surface area contributed by atoms with Crippen molar-refractivity contribution in [3.63, 3.8) is 0 Å². The fourth-order valence-corrected chi connectivity index (χ4v) is 6.89. The van der Waals surface area contributed by atoms with Gasteiger partial charge < -0.3 is 15.0 Å². The van der Waals surface area contributed by atoms with Crippen LogP contribution in [0.15, 0.2) is 112 Å². The molecular formula is C36H39BrFN3O5S. The lowest BCUT2D eigenvalue weighted by Crippen LogP contribution is -2.53. The van der Waals surface area contributed by atoms with Crippen LogP contribution in [0.4, 0.5) is 10.1 Å². The van der Waals surface area contributed by atoms with Crippen molar-refractivity contribution in [2.45, 2.75) is 50.6 Å². The van der Waals surface area contributed by atoms with Crippen LogP contribution in [0.3, 0.4) is 0 Å². The summed E-state index contributed by atoms with van der Waals surface area (Å²) in [6, 6.07) is 26.6. The van der Waals surface area contributed by atoms with E-state index in [1.807, 2.05) is 68.4 Å². The number of benzene rings is 4. The van der Waals surface area contributed by atoms with E-state index in [9.17, 15) is 22.4 Å². The van der Waals surface area contributed by atoms with E-state index in [0.29, 0.717) is 18.9 Å². The summed E-state index contributed by atoms with van der Waals surface area (Å²) >= 11 is 3.48. The summed E-state index contributed by atoms with van der Waals surface area (Å²) in [6.07, 6.45) is 1.85. The molecule has 0 spiro atoms. The minimum absolute atomic E-state index is 0.0390. The Balaban J connectivity index is 1.78. The topological polar surface area (TPSA) is 96.0 Å². The number of sulfonamides is 1. The number of carbonyl (C=O) groups excluding carboxylic acids is 2. The van der Waals surface area contributed by atoms with Crippen LogP contribution in [-0.2, 0) is 32.6 Å². The lowest BCUT2D eigenvalue weighted by Gasteiger charge is -2.34. The molecule has 0 aliphatic rings. The molecule has 0 bridgehead atoms. The van der Waals surface area contributed by atoms with Crippen molar-refractivity contribution in [2.24, 2.45) is 0 Å². The zero-order valence-electron chi connectivity index (χ0n) is 26.4. The second-order valence-electron chi connectivity index (χ2n) is 10.9. The Morgan fingerprint density at radius 1 is 0.894 bits per heavy atom. The van der Waals surface area contributed by atoms with E-state index in [1.54, 1.807) is 0 Å². The summed E-state index contributed by atoms with van der Waals surface area (Å²) in [7, 11) is -4.33. The van der Waals surface area contributed by atoms with Gasteiger partial charge in [0, 0.05) is 24.0 Å². The normalized spacial score (nSPS) is 11.8. The van der Waals surface area contributed by atoms with E-state index in [1.165, 1.54) is 41.3 Å². The third-order valence-corrected chi connectivity index (χ3v) is 9.74. The van der Waals surface area contributed by atoms with Gasteiger partial charge in [0.25, 0.3) is 10.0 Å². The van der Waals surface area contributed by atoms with E-state index in [4.69, 9.17) is 4.74 Å². The number of nitrogens with one attached hydrogen (secondary N) is 1. The average molecular weight is 725 g/mol. The van der Waals surface area contributed by atoms with Gasteiger partial charge in [-0.1, -0.05) is 71.7 Å². The fourth-order valence-electron chi connectivity index (χ4n) is 5.03. The van der Waals surface area contributed by atoms with Gasteiger partial charge in [-0.2, -0.15) is 0 Å². The molecule has 4 rings (SSSR count). The molecule has 248 valence electrons. The molecule has 0 radical (unpaired) electrons. The standard InChI is InChI=1S/C36H39BrFN3O5S/c1-3-5-22-39-36(43)34(24-27-10-7-6-8-11-27)40(25-28-12-9-13-29(37)23-28)35(42)26-41(31-16-14-30(38)15-17-31)47(44,45)33-20-18-32(19-21-33)46-4-2/h6-21,23,34H,3-5,22,24-26H2,1-2H3,(H,39,43)/t34-/m0/s1. The monoisotopic (exact) mass is 723 g/mol. The largest absolute Gasteiger partial charge is 0.494 e. The molecule has 8 nitrogen and oxygen atoms in total. The Morgan fingerprint density at radius 2 is 1.57 bits per heavy atom. The van der Waals surface area contributed by atoms with Gasteiger partial charge in [0.1, 0.15) is 24.2 Å². The summed E-state index contributed by atoms with van der Waals surface area (Å²) in [4.78, 5) is 29.7. The quantitative estimate of drug-likeness (QED) is 0.129. The first-order valence-electron chi connectivity index (χ1n) is 15.5. The number of hydrogen-bond acceptors (Lipinski definition) is 5. The fraction of sp³-hybridized carbons (Fsp3) is 0.278. The highest BCUT2D eigenvalue weighted by Gasteiger charge is 2.34. The molecule has 0 aromatic heterocycles. The highest BCUT2D eigenvalue weighted by Crippen LogP contribution is 2.27. The van der Waals surface area contributed by atoms with Crippen LogP contribution < -0.4 is 14.4 Å². The van der Waals surface area contributed by atoms with Crippen LogP contribution >= 0.6 is 15.9 Å². The Bertz CT molecular complexity index is 1720. The molecule has 0 aliphatic heterocycles. The van der Waals surface area contributed by atoms with Crippen LogP contribution in [0.25, 0.3) is 0 Å². The number of halogens is 2. The number of amides is 2. The Morgan fingerprint density at radius 3 is 2.21 bits per heavy atom. The molecule has 47 heavy (non-hydrogen) atoms. The number of ether oxygens (including phenoxy) is 1. The van der Waals surface area contributed by atoms with Crippen LogP contribution in [-0.4, -0.2) is 50.9 Å². The van der Waals surface area contributed by atoms with Gasteiger partial charge in [-0.05, 0) is 85.1 Å². The molecule has 0 saturated carbocycles. The van der Waals surface area contributed by atoms with Crippen molar-refractivity contribution in [3.05, 3.63) is 125 Å². The molecule has 0 unspecified atom stereocenters. The van der Waals surface area contributed by atoms with Gasteiger partial charge in [-0.25, -0.2) is 12.8 Å². The third-order valence-electron chi connectivity index (χ3n) is 7.46. The molecule has 11 heteroatoms. The Kier molecular flexibility index (Phi) is 12.9. The van der Waals surface area contributed by atoms with E-state index in [2.05, 4.69) is 21.2 Å². The van der Waals surface area contributed by atoms with Gasteiger partial charge in [-0.3, -0.25) is 13.9 Å². The lowest BCUT2D eigenvalue weighted by atomic mass is 10.0. The first-order chi connectivity index (χ1) is 22.6. The van der Waals surface area contributed by atoms with Crippen molar-refractivity contribution >= 4 is 43.5 Å². The van der Waals surface area contributed by atoms with Crippen LogP contribution in [0.1, 0.15) is 37.8 Å². The van der Waals surface area contributed by atoms with Crippen molar-refractivity contribution in [1.29, 1.82) is 0 Å². The zero-order valence-corrected chi connectivity index (χ0v) is 28.8. The Labute approximate surface area is 284 Å². The van der Waals surface area contributed by atoms with Crippen LogP contribution in [0, 0.1) is 5.82 Å². The van der Waals surface area contributed by atoms with Crippen molar-refractivity contribution in [3.8, 4) is 5.75 Å². The molecule has 1 N–H and O–H groups in total. The van der Waals surface area contributed by atoms with E-state index < -0.39 is 34.3 Å². The number of hydrogen-bond donors (Lipinski definition) is 1. The smallest absolute Gasteiger partial charge is 0.264 e. The van der Waals surface area contributed by atoms with Crippen molar-refractivity contribution < 1.29 is 27.1 Å². The molecular weight excluding hydrogens is 685 g/mol. The number of anilines is 1. The van der Waals surface area contributed by atoms with E-state index in [0.717, 1.165) is 44.9 Å². The summed E-state index contributed by atoms with van der Waals surface area (Å²) in [6.45, 7) is 4.09. The summed E-state index contributed by atoms with van der Waals surface area (Å²) < 4.78 is 49.5. The number of unbranched alkanes of at least 4 members (excludes halogenated alkanes) is 1. The van der Waals surface area contributed by atoms with E-state index >= 15 is 0 Å². The van der Waals surface area contributed by atoms with E-state index in [-0.39, 0.29) is 29.5 Å². The number of carbonyl (C=O) groups is 2. The van der Waals surface area contributed by atoms with Crippen molar-refractivity contribution in [2.75, 3.05) is 24.0 Å². The molecule has 4 aromatic rings. The molecule has 2 amide bonds. The van der Waals surface area contributed by atoms with Gasteiger partial charge in [0.05, 0.1) is 17.2 Å². The van der Waals surface area contributed by atoms with Gasteiger partial charge in [0.2, 0.25) is 11.8 Å². The minimum Gasteiger partial charge on any atom is -0.494 e. The maximum atomic E-state index is 14.5. The first kappa shape index (κ1) is 35.6. The first-order valence-corrected chi connectivity index (χ1v) is 17.7. The lowest BCUT2D eigenvalue weighted by molar-refractivity contribution is -0.140. The highest BCUT2D eigenvalue weighted by molar-refractivity contribution is 9.10. The maximum Gasteiger partial charge on any atom is 0.264 e. The van der Waals surface area contributed by atoms with Gasteiger partial charge in [-0.15, -0.1) is 0 Å². The minimum atomic E-state index is -4.33.